The molecule has 0 aliphatic carbocycles. The summed E-state index contributed by atoms with van der Waals surface area (Å²) in [5.74, 6) is 0. The van der Waals surface area contributed by atoms with Crippen molar-refractivity contribution < 1.29 is 26.3 Å². The van der Waals surface area contributed by atoms with Crippen LogP contribution < -0.4 is 11.1 Å². The predicted molar refractivity (Wildman–Crippen MR) is 88.3 cm³/mol. The minimum absolute atomic E-state index is 0.0559. The fourth-order valence-electron chi connectivity index (χ4n) is 2.01. The van der Waals surface area contributed by atoms with Crippen LogP contribution in [0, 0.1) is 0 Å². The fraction of sp³-hybridized carbons (Fsp3) is 0.333. The molecular weight excluding hydrogens is 358 g/mol. The average Bonchev–Trinajstić information content (AvgIpc) is 2.60. The zero-order chi connectivity index (χ0) is 20.0. The molecule has 0 aromatic heterocycles. The fourth-order valence-corrected chi connectivity index (χ4v) is 2.01. The third-order valence-electron chi connectivity index (χ3n) is 3.62. The third-order valence-corrected chi connectivity index (χ3v) is 3.62. The van der Waals surface area contributed by atoms with E-state index in [0.29, 0.717) is 6.54 Å². The third kappa shape index (κ3) is 6.68. The molecule has 2 aromatic carbocycles. The summed E-state index contributed by atoms with van der Waals surface area (Å²) in [6.07, 6.45) is -9.60. The highest BCUT2D eigenvalue weighted by atomic mass is 19.4. The maximum Gasteiger partial charge on any atom is 0.416 e. The number of rotatable bonds is 3. The number of benzene rings is 2. The van der Waals surface area contributed by atoms with Crippen LogP contribution in [0.4, 0.5) is 26.3 Å². The lowest BCUT2D eigenvalue weighted by Gasteiger charge is -2.17. The van der Waals surface area contributed by atoms with Gasteiger partial charge in [0.2, 0.25) is 0 Å². The molecule has 0 bridgehead atoms. The number of alkyl halides is 6. The molecule has 0 fully saturated rings. The van der Waals surface area contributed by atoms with Gasteiger partial charge in [0.15, 0.2) is 0 Å². The van der Waals surface area contributed by atoms with Crippen molar-refractivity contribution in [2.24, 2.45) is 5.73 Å². The Labute approximate surface area is 148 Å². The Kier molecular flexibility index (Phi) is 7.65. The first-order valence-corrected chi connectivity index (χ1v) is 7.69. The van der Waals surface area contributed by atoms with Crippen LogP contribution in [0.3, 0.4) is 0 Å². The molecule has 0 aliphatic rings. The molecule has 1 atom stereocenters. The first-order chi connectivity index (χ1) is 12.0. The van der Waals surface area contributed by atoms with Crippen molar-refractivity contribution in [1.29, 1.82) is 0 Å². The lowest BCUT2D eigenvalue weighted by atomic mass is 10.0. The summed E-state index contributed by atoms with van der Waals surface area (Å²) in [6, 6.07) is 10.9. The maximum absolute atomic E-state index is 12.5. The smallest absolute Gasteiger partial charge is 0.326 e. The van der Waals surface area contributed by atoms with Crippen molar-refractivity contribution in [3.05, 3.63) is 70.8 Å². The summed E-state index contributed by atoms with van der Waals surface area (Å²) in [5.41, 5.74) is 3.89. The Morgan fingerprint density at radius 2 is 1.35 bits per heavy atom. The van der Waals surface area contributed by atoms with E-state index in [-0.39, 0.29) is 11.6 Å². The Balaban J connectivity index is 0.000000350. The molecule has 0 heterocycles. The Morgan fingerprint density at radius 3 is 1.65 bits per heavy atom. The number of hydrogen-bond acceptors (Lipinski definition) is 2. The van der Waals surface area contributed by atoms with Gasteiger partial charge in [-0.2, -0.15) is 26.3 Å². The van der Waals surface area contributed by atoms with Gasteiger partial charge in [0.1, 0.15) is 0 Å². The molecule has 0 amide bonds. The second kappa shape index (κ2) is 9.05. The number of hydrogen-bond donors (Lipinski definition) is 2. The summed E-state index contributed by atoms with van der Waals surface area (Å²) in [7, 11) is 1.46. The molecule has 26 heavy (non-hydrogen) atoms. The van der Waals surface area contributed by atoms with Crippen LogP contribution in [-0.4, -0.2) is 7.05 Å². The van der Waals surface area contributed by atoms with Gasteiger partial charge in [-0.25, -0.2) is 0 Å². The molecule has 8 heteroatoms. The summed E-state index contributed by atoms with van der Waals surface area (Å²) in [4.78, 5) is 0. The molecule has 0 saturated heterocycles. The highest BCUT2D eigenvalue weighted by Gasteiger charge is 2.37. The summed E-state index contributed by atoms with van der Waals surface area (Å²) < 4.78 is 75.1. The molecule has 0 saturated carbocycles. The van der Waals surface area contributed by atoms with Gasteiger partial charge in [0, 0.05) is 12.6 Å². The van der Waals surface area contributed by atoms with Crippen LogP contribution >= 0.6 is 0 Å². The van der Waals surface area contributed by atoms with Crippen LogP contribution in [0.15, 0.2) is 48.5 Å². The van der Waals surface area contributed by atoms with Gasteiger partial charge in [0.05, 0.1) is 11.1 Å². The van der Waals surface area contributed by atoms with Crippen LogP contribution in [0.25, 0.3) is 0 Å². The molecule has 2 aromatic rings. The number of nitrogens with one attached hydrogen (secondary N) is 1. The van der Waals surface area contributed by atoms with Crippen LogP contribution in [-0.2, 0) is 18.9 Å². The highest BCUT2D eigenvalue weighted by molar-refractivity contribution is 5.35. The zero-order valence-corrected chi connectivity index (χ0v) is 14.2. The standard InChI is InChI=1S/C11H11F6N.C7H9N/c1-6(18-2)7-3-8(10(12,13)14)5-9(4-7)11(15,16)17;8-6-7-4-2-1-3-5-7/h3-6,18H,1-2H3;1-5H,6,8H2/t6-;/m1./s1. The topological polar surface area (TPSA) is 38.0 Å². The van der Waals surface area contributed by atoms with E-state index in [9.17, 15) is 26.3 Å². The highest BCUT2D eigenvalue weighted by Crippen LogP contribution is 2.37. The largest absolute Gasteiger partial charge is 0.416 e. The monoisotopic (exact) mass is 378 g/mol. The summed E-state index contributed by atoms with van der Waals surface area (Å²) in [6.45, 7) is 2.12. The average molecular weight is 378 g/mol. The second-order valence-electron chi connectivity index (χ2n) is 5.54. The quantitative estimate of drug-likeness (QED) is 0.725. The molecule has 2 nitrogen and oxygen atoms in total. The Morgan fingerprint density at radius 1 is 0.885 bits per heavy atom. The van der Waals surface area contributed by atoms with E-state index in [1.165, 1.54) is 19.5 Å². The first kappa shape index (κ1) is 22.0. The van der Waals surface area contributed by atoms with Crippen molar-refractivity contribution >= 4 is 0 Å². The van der Waals surface area contributed by atoms with Crippen LogP contribution in [0.2, 0.25) is 0 Å². The number of halogens is 6. The van der Waals surface area contributed by atoms with Crippen molar-refractivity contribution in [1.82, 2.24) is 5.32 Å². The SMILES string of the molecule is CN[C@H](C)c1cc(C(F)(F)F)cc(C(F)(F)F)c1.NCc1ccccc1. The van der Waals surface area contributed by atoms with Gasteiger partial charge in [-0.1, -0.05) is 30.3 Å². The number of nitrogens with two attached hydrogens (primary N) is 1. The minimum atomic E-state index is -4.80. The molecular formula is C18H20F6N2. The lowest BCUT2D eigenvalue weighted by molar-refractivity contribution is -0.143. The molecule has 0 unspecified atom stereocenters. The van der Waals surface area contributed by atoms with Crippen molar-refractivity contribution in [2.45, 2.75) is 31.9 Å². The van der Waals surface area contributed by atoms with Crippen LogP contribution in [0.1, 0.15) is 35.2 Å². The molecule has 0 radical (unpaired) electrons. The summed E-state index contributed by atoms with van der Waals surface area (Å²) >= 11 is 0. The van der Waals surface area contributed by atoms with Gasteiger partial charge < -0.3 is 11.1 Å². The first-order valence-electron chi connectivity index (χ1n) is 7.69. The normalized spacial score (nSPS) is 13.0. The molecule has 144 valence electrons. The molecule has 3 N–H and O–H groups in total. The van der Waals surface area contributed by atoms with E-state index in [0.717, 1.165) is 12.1 Å². The molecule has 0 spiro atoms. The van der Waals surface area contributed by atoms with E-state index in [2.05, 4.69) is 5.32 Å². The van der Waals surface area contributed by atoms with Gasteiger partial charge in [-0.05, 0) is 43.3 Å². The van der Waals surface area contributed by atoms with Crippen molar-refractivity contribution in [3.63, 3.8) is 0 Å². The van der Waals surface area contributed by atoms with Gasteiger partial charge in [-0.3, -0.25) is 0 Å². The van der Waals surface area contributed by atoms with Crippen molar-refractivity contribution in [3.8, 4) is 0 Å². The van der Waals surface area contributed by atoms with E-state index >= 15 is 0 Å². The molecule has 2 rings (SSSR count). The van der Waals surface area contributed by atoms with E-state index in [4.69, 9.17) is 5.73 Å². The summed E-state index contributed by atoms with van der Waals surface area (Å²) in [5, 5.41) is 2.60. The van der Waals surface area contributed by atoms with Gasteiger partial charge in [-0.15, -0.1) is 0 Å². The van der Waals surface area contributed by atoms with E-state index in [1.54, 1.807) is 0 Å². The predicted octanol–water partition coefficient (Wildman–Crippen LogP) is 5.15. The van der Waals surface area contributed by atoms with Crippen LogP contribution in [0.5, 0.6) is 0 Å². The van der Waals surface area contributed by atoms with E-state index in [1.807, 2.05) is 30.3 Å². The molecule has 0 aliphatic heterocycles. The minimum Gasteiger partial charge on any atom is -0.326 e. The Hall–Kier alpha value is -2.06. The van der Waals surface area contributed by atoms with Crippen molar-refractivity contribution in [2.75, 3.05) is 7.05 Å². The van der Waals surface area contributed by atoms with Gasteiger partial charge in [0.25, 0.3) is 0 Å². The van der Waals surface area contributed by atoms with E-state index < -0.39 is 29.5 Å². The lowest BCUT2D eigenvalue weighted by Crippen LogP contribution is -2.17. The van der Waals surface area contributed by atoms with Gasteiger partial charge >= 0.3 is 12.4 Å². The Bertz CT molecular complexity index is 648. The second-order valence-corrected chi connectivity index (χ2v) is 5.54. The zero-order valence-electron chi connectivity index (χ0n) is 14.2. The maximum atomic E-state index is 12.5.